The molecule has 1 fully saturated rings. The molecule has 0 aromatic heterocycles. The largest absolute Gasteiger partial charge is 0.295 e. The van der Waals surface area contributed by atoms with Crippen molar-refractivity contribution in [3.8, 4) is 0 Å². The van der Waals surface area contributed by atoms with E-state index in [1.54, 1.807) is 24.3 Å². The molecule has 3 amide bonds. The van der Waals surface area contributed by atoms with Gasteiger partial charge in [0, 0.05) is 6.42 Å². The Morgan fingerprint density at radius 3 is 2.48 bits per heavy atom. The molecule has 1 aromatic carbocycles. The Bertz CT molecular complexity index is 594. The smallest absolute Gasteiger partial charge is 0.267 e. The number of hydrogen-bond donors (Lipinski definition) is 1. The normalized spacial score (nSPS) is 24.1. The molecule has 0 bridgehead atoms. The van der Waals surface area contributed by atoms with Crippen molar-refractivity contribution in [1.82, 2.24) is 9.62 Å². The predicted molar refractivity (Wildman–Crippen MR) is 76.5 cm³/mol. The molecule has 2 aliphatic heterocycles. The maximum Gasteiger partial charge on any atom is 0.267 e. The summed E-state index contributed by atoms with van der Waals surface area (Å²) in [5.74, 6) is -1.36. The van der Waals surface area contributed by atoms with E-state index in [9.17, 15) is 18.6 Å². The number of fused-ring (bicyclic) bond motifs is 1. The van der Waals surface area contributed by atoms with Crippen LogP contribution in [0.2, 0.25) is 0 Å². The molecule has 0 radical (unpaired) electrons. The summed E-state index contributed by atoms with van der Waals surface area (Å²) in [4.78, 5) is 35.5. The van der Waals surface area contributed by atoms with Gasteiger partial charge in [-0.05, 0) is 18.6 Å². The molecule has 2 aliphatic rings. The van der Waals surface area contributed by atoms with Gasteiger partial charge in [0.25, 0.3) is 11.8 Å². The van der Waals surface area contributed by atoms with Crippen LogP contribution < -0.4 is 5.32 Å². The van der Waals surface area contributed by atoms with Gasteiger partial charge in [0.1, 0.15) is 6.04 Å². The van der Waals surface area contributed by atoms with E-state index in [4.69, 9.17) is 0 Å². The first-order valence-electron chi connectivity index (χ1n) is 6.78. The van der Waals surface area contributed by atoms with Gasteiger partial charge < -0.3 is 0 Å². The molecule has 2 atom stereocenters. The summed E-state index contributed by atoms with van der Waals surface area (Å²) in [5, 5.41) is 2.17. The summed E-state index contributed by atoms with van der Waals surface area (Å²) in [6.45, 7) is 4.00. The summed E-state index contributed by atoms with van der Waals surface area (Å²) in [7, 11) is -1.68. The number of benzene rings is 1. The van der Waals surface area contributed by atoms with E-state index in [-0.39, 0.29) is 18.7 Å². The summed E-state index contributed by atoms with van der Waals surface area (Å²) < 4.78 is 13.3. The predicted octanol–water partition coefficient (Wildman–Crippen LogP) is 0.996. The summed E-state index contributed by atoms with van der Waals surface area (Å²) in [6.07, 6.45) is 0.351. The molecule has 2 heterocycles. The highest BCUT2D eigenvalue weighted by atomic mass is 32.2. The van der Waals surface area contributed by atoms with Gasteiger partial charge in [0.2, 0.25) is 5.91 Å². The van der Waals surface area contributed by atoms with Crippen LogP contribution in [-0.2, 0) is 20.6 Å². The third-order valence-corrected chi connectivity index (χ3v) is 4.69. The first kappa shape index (κ1) is 15.4. The highest BCUT2D eigenvalue weighted by Crippen LogP contribution is 2.30. The van der Waals surface area contributed by atoms with Crippen LogP contribution in [0, 0.1) is 0 Å². The van der Waals surface area contributed by atoms with Gasteiger partial charge >= 0.3 is 0 Å². The zero-order valence-corrected chi connectivity index (χ0v) is 12.6. The van der Waals surface area contributed by atoms with Crippen LogP contribution in [0.3, 0.4) is 0 Å². The molecule has 112 valence electrons. The van der Waals surface area contributed by atoms with Crippen molar-refractivity contribution in [3.05, 3.63) is 29.8 Å². The Morgan fingerprint density at radius 1 is 1.19 bits per heavy atom. The van der Waals surface area contributed by atoms with Crippen LogP contribution in [0.4, 0.5) is 0 Å². The molecule has 2 unspecified atom stereocenters. The lowest BCUT2D eigenvalue weighted by molar-refractivity contribution is -0.135. The van der Waals surface area contributed by atoms with Gasteiger partial charge in [-0.15, -0.1) is 0 Å². The number of nitrogens with one attached hydrogen (secondary N) is 1. The monoisotopic (exact) mass is 308 g/mol. The van der Waals surface area contributed by atoms with Crippen LogP contribution in [0.5, 0.6) is 0 Å². The van der Waals surface area contributed by atoms with Crippen molar-refractivity contribution in [2.75, 3.05) is 0 Å². The molecule has 0 spiro atoms. The average Bonchev–Trinajstić information content (AvgIpc) is 2.75. The van der Waals surface area contributed by atoms with E-state index in [1.165, 1.54) is 0 Å². The van der Waals surface area contributed by atoms with Gasteiger partial charge in [0.05, 0.1) is 10.5 Å². The molecule has 0 saturated carbocycles. The molecule has 21 heavy (non-hydrogen) atoms. The number of amides is 3. The van der Waals surface area contributed by atoms with Crippen molar-refractivity contribution < 1.29 is 18.6 Å². The molecule has 7 heteroatoms. The van der Waals surface area contributed by atoms with Gasteiger partial charge in [-0.2, -0.15) is 0 Å². The second kappa shape index (κ2) is 6.17. The molecular weight excluding hydrogens is 292 g/mol. The van der Waals surface area contributed by atoms with Crippen LogP contribution >= 0.6 is 0 Å². The van der Waals surface area contributed by atoms with Crippen molar-refractivity contribution in [2.24, 2.45) is 0 Å². The number of carbonyl (C=O) groups is 3. The van der Waals surface area contributed by atoms with Crippen LogP contribution in [-0.4, -0.2) is 32.3 Å². The van der Waals surface area contributed by atoms with E-state index < -0.39 is 28.8 Å². The fourth-order valence-corrected chi connectivity index (χ4v) is 3.69. The van der Waals surface area contributed by atoms with Crippen LogP contribution in [0.25, 0.3) is 0 Å². The molecular formula is C14H16N2O4S. The summed E-state index contributed by atoms with van der Waals surface area (Å²) in [5.41, 5.74) is 0.352. The average molecular weight is 308 g/mol. The Labute approximate surface area is 125 Å². The fourth-order valence-electron chi connectivity index (χ4n) is 2.26. The Hall–Kier alpha value is -2.02. The summed E-state index contributed by atoms with van der Waals surface area (Å²) in [6, 6.07) is 5.72. The number of imide groups is 1. The molecule has 1 N–H and O–H groups in total. The summed E-state index contributed by atoms with van der Waals surface area (Å²) >= 11 is 0. The molecule has 3 rings (SSSR count). The van der Waals surface area contributed by atoms with Crippen molar-refractivity contribution in [3.63, 3.8) is 0 Å². The standard InChI is InChI=1S/C12H10N2O4S.C2H6/c15-10-6-5-8(11(16)13-10)14-12(17)7-3-1-2-4-9(7)19(14)18;1-2/h1-4,8H,5-6H2,(H,13,15,16);1-2H3. The SMILES string of the molecule is CC.O=C1CCC(N2C(=O)c3ccccc3S2=O)C(=O)N1. The lowest BCUT2D eigenvalue weighted by Gasteiger charge is -2.27. The first-order chi connectivity index (χ1) is 10.1. The van der Waals surface area contributed by atoms with Crippen molar-refractivity contribution in [1.29, 1.82) is 0 Å². The Morgan fingerprint density at radius 2 is 1.86 bits per heavy atom. The number of piperidine rings is 1. The highest BCUT2D eigenvalue weighted by molar-refractivity contribution is 7.84. The minimum atomic E-state index is -1.68. The maximum absolute atomic E-state index is 12.3. The zero-order valence-electron chi connectivity index (χ0n) is 11.8. The quantitative estimate of drug-likeness (QED) is 0.784. The van der Waals surface area contributed by atoms with E-state index >= 15 is 0 Å². The van der Waals surface area contributed by atoms with Gasteiger partial charge in [0.15, 0.2) is 11.0 Å². The lowest BCUT2D eigenvalue weighted by Crippen LogP contribution is -2.53. The van der Waals surface area contributed by atoms with E-state index in [0.717, 1.165) is 4.31 Å². The minimum absolute atomic E-state index is 0.147. The van der Waals surface area contributed by atoms with Crippen molar-refractivity contribution >= 4 is 28.7 Å². The van der Waals surface area contributed by atoms with Crippen LogP contribution in [0.1, 0.15) is 37.0 Å². The van der Waals surface area contributed by atoms with Crippen LogP contribution in [0.15, 0.2) is 29.2 Å². The Kier molecular flexibility index (Phi) is 4.52. The van der Waals surface area contributed by atoms with E-state index in [1.807, 2.05) is 13.8 Å². The Balaban J connectivity index is 0.000000774. The van der Waals surface area contributed by atoms with E-state index in [2.05, 4.69) is 5.32 Å². The van der Waals surface area contributed by atoms with E-state index in [0.29, 0.717) is 10.5 Å². The minimum Gasteiger partial charge on any atom is -0.295 e. The molecule has 1 saturated heterocycles. The maximum atomic E-state index is 12.3. The lowest BCUT2D eigenvalue weighted by atomic mass is 10.1. The number of carbonyl (C=O) groups excluding carboxylic acids is 3. The van der Waals surface area contributed by atoms with Gasteiger partial charge in [-0.3, -0.25) is 19.7 Å². The first-order valence-corrected chi connectivity index (χ1v) is 7.88. The number of rotatable bonds is 1. The zero-order chi connectivity index (χ0) is 15.6. The fraction of sp³-hybridized carbons (Fsp3) is 0.357. The topological polar surface area (TPSA) is 83.6 Å². The van der Waals surface area contributed by atoms with Gasteiger partial charge in [-0.25, -0.2) is 8.51 Å². The highest BCUT2D eigenvalue weighted by Gasteiger charge is 2.43. The molecule has 6 nitrogen and oxygen atoms in total. The van der Waals surface area contributed by atoms with Gasteiger partial charge in [-0.1, -0.05) is 26.0 Å². The second-order valence-corrected chi connectivity index (χ2v) is 5.67. The second-order valence-electron chi connectivity index (χ2n) is 4.34. The third-order valence-electron chi connectivity index (χ3n) is 3.18. The molecule has 1 aromatic rings. The molecule has 0 aliphatic carbocycles. The number of hydrogen-bond acceptors (Lipinski definition) is 4. The third kappa shape index (κ3) is 2.61. The number of nitrogens with zero attached hydrogens (tertiary/aromatic N) is 1. The van der Waals surface area contributed by atoms with Crippen molar-refractivity contribution in [2.45, 2.75) is 37.6 Å².